The van der Waals surface area contributed by atoms with Crippen LogP contribution in [-0.2, 0) is 16.1 Å². The molecule has 186 valence electrons. The monoisotopic (exact) mass is 505 g/mol. The lowest BCUT2D eigenvalue weighted by Gasteiger charge is -2.23. The van der Waals surface area contributed by atoms with Gasteiger partial charge in [0, 0.05) is 36.9 Å². The van der Waals surface area contributed by atoms with Crippen molar-refractivity contribution in [3.63, 3.8) is 0 Å². The Kier molecular flexibility index (Phi) is 7.16. The van der Waals surface area contributed by atoms with Crippen LogP contribution in [0.25, 0.3) is 11.3 Å². The van der Waals surface area contributed by atoms with Gasteiger partial charge in [0.15, 0.2) is 0 Å². The molecule has 3 aromatic rings. The normalized spacial score (nSPS) is 16.5. The number of anilines is 1. The first-order chi connectivity index (χ1) is 17.5. The molecule has 0 bridgehead atoms. The van der Waals surface area contributed by atoms with Gasteiger partial charge in [0.25, 0.3) is 5.91 Å². The fourth-order valence-corrected chi connectivity index (χ4v) is 4.79. The number of nitrogens with one attached hydrogen (secondary N) is 2. The molecule has 36 heavy (non-hydrogen) atoms. The summed E-state index contributed by atoms with van der Waals surface area (Å²) in [6, 6.07) is 15.4. The molecule has 1 unspecified atom stereocenters. The maximum Gasteiger partial charge on any atom is 0.254 e. The van der Waals surface area contributed by atoms with E-state index in [2.05, 4.69) is 20.6 Å². The zero-order valence-electron chi connectivity index (χ0n) is 20.0. The molecule has 1 saturated heterocycles. The summed E-state index contributed by atoms with van der Waals surface area (Å²) in [5.74, 6) is 0.120. The third-order valence-electron chi connectivity index (χ3n) is 6.57. The molecular formula is C27H28ClN5O3. The third-order valence-corrected chi connectivity index (χ3v) is 6.85. The van der Waals surface area contributed by atoms with Crippen molar-refractivity contribution in [1.29, 1.82) is 0 Å². The van der Waals surface area contributed by atoms with Gasteiger partial charge in [-0.25, -0.2) is 9.97 Å². The maximum atomic E-state index is 13.1. The van der Waals surface area contributed by atoms with E-state index in [1.807, 2.05) is 49.4 Å². The zero-order chi connectivity index (χ0) is 25.1. The van der Waals surface area contributed by atoms with Crippen LogP contribution in [-0.4, -0.2) is 52.5 Å². The summed E-state index contributed by atoms with van der Waals surface area (Å²) < 4.78 is 5.41. The van der Waals surface area contributed by atoms with Crippen LogP contribution in [0.5, 0.6) is 0 Å². The standard InChI is InChI=1S/C27H28ClN5O3/c1-17(18-5-3-2-4-6-18)30-24(34)16-33-15-20-8-7-19(13-22(20)26(33)35)25-23(28)14-29-27(32-25)31-21-9-11-36-12-10-21/h2-8,13-14,17,21H,9-12,15-16H2,1H3,(H,30,34)(H,29,31,32). The molecule has 1 aromatic heterocycles. The minimum atomic E-state index is -0.199. The third kappa shape index (κ3) is 5.34. The molecule has 0 aliphatic carbocycles. The van der Waals surface area contributed by atoms with Crippen LogP contribution in [0, 0.1) is 0 Å². The Hall–Kier alpha value is -3.49. The van der Waals surface area contributed by atoms with Crippen LogP contribution in [0.15, 0.2) is 54.7 Å². The summed E-state index contributed by atoms with van der Waals surface area (Å²) in [5, 5.41) is 6.73. The number of amides is 2. The van der Waals surface area contributed by atoms with E-state index in [0.29, 0.717) is 42.0 Å². The molecular weight excluding hydrogens is 478 g/mol. The average molecular weight is 506 g/mol. The van der Waals surface area contributed by atoms with Gasteiger partial charge in [-0.15, -0.1) is 0 Å². The number of ether oxygens (including phenoxy) is 1. The van der Waals surface area contributed by atoms with Crippen molar-refractivity contribution < 1.29 is 14.3 Å². The van der Waals surface area contributed by atoms with Crippen LogP contribution < -0.4 is 10.6 Å². The van der Waals surface area contributed by atoms with Crippen molar-refractivity contribution in [2.24, 2.45) is 0 Å². The average Bonchev–Trinajstić information content (AvgIpc) is 3.20. The van der Waals surface area contributed by atoms with E-state index in [4.69, 9.17) is 16.3 Å². The van der Waals surface area contributed by atoms with Crippen molar-refractivity contribution in [1.82, 2.24) is 20.2 Å². The number of nitrogens with zero attached hydrogens (tertiary/aromatic N) is 3. The second-order valence-corrected chi connectivity index (χ2v) is 9.56. The fraction of sp³-hybridized carbons (Fsp3) is 0.333. The highest BCUT2D eigenvalue weighted by molar-refractivity contribution is 6.33. The lowest BCUT2D eigenvalue weighted by Crippen LogP contribution is -2.38. The molecule has 0 saturated carbocycles. The van der Waals surface area contributed by atoms with E-state index >= 15 is 0 Å². The van der Waals surface area contributed by atoms with Gasteiger partial charge in [-0.3, -0.25) is 9.59 Å². The summed E-state index contributed by atoms with van der Waals surface area (Å²) in [4.78, 5) is 36.3. The number of carbonyl (C=O) groups excluding carboxylic acids is 2. The smallest absolute Gasteiger partial charge is 0.254 e. The first-order valence-corrected chi connectivity index (χ1v) is 12.5. The van der Waals surface area contributed by atoms with Crippen molar-refractivity contribution in [3.05, 3.63) is 76.4 Å². The quantitative estimate of drug-likeness (QED) is 0.499. The van der Waals surface area contributed by atoms with E-state index in [-0.39, 0.29) is 30.4 Å². The largest absolute Gasteiger partial charge is 0.381 e. The topological polar surface area (TPSA) is 96.5 Å². The Morgan fingerprint density at radius 3 is 2.75 bits per heavy atom. The van der Waals surface area contributed by atoms with Crippen molar-refractivity contribution in [2.45, 2.75) is 38.4 Å². The summed E-state index contributed by atoms with van der Waals surface area (Å²) in [6.07, 6.45) is 3.36. The van der Waals surface area contributed by atoms with Crippen molar-refractivity contribution in [2.75, 3.05) is 25.1 Å². The molecule has 2 aromatic carbocycles. The van der Waals surface area contributed by atoms with Gasteiger partial charge in [0.05, 0.1) is 23.0 Å². The molecule has 1 atom stereocenters. The maximum absolute atomic E-state index is 13.1. The molecule has 2 N–H and O–H groups in total. The van der Waals surface area contributed by atoms with Gasteiger partial charge in [-0.1, -0.05) is 54.1 Å². The summed E-state index contributed by atoms with van der Waals surface area (Å²) >= 11 is 6.44. The van der Waals surface area contributed by atoms with E-state index in [0.717, 1.165) is 29.5 Å². The predicted molar refractivity (Wildman–Crippen MR) is 138 cm³/mol. The van der Waals surface area contributed by atoms with Gasteiger partial charge < -0.3 is 20.3 Å². The van der Waals surface area contributed by atoms with Crippen LogP contribution in [0.1, 0.15) is 47.3 Å². The van der Waals surface area contributed by atoms with Gasteiger partial charge in [0.2, 0.25) is 11.9 Å². The fourth-order valence-electron chi connectivity index (χ4n) is 4.59. The highest BCUT2D eigenvalue weighted by Gasteiger charge is 2.30. The van der Waals surface area contributed by atoms with Crippen LogP contribution in [0.3, 0.4) is 0 Å². The first-order valence-electron chi connectivity index (χ1n) is 12.1. The molecule has 0 radical (unpaired) electrons. The molecule has 8 nitrogen and oxygen atoms in total. The minimum Gasteiger partial charge on any atom is -0.381 e. The zero-order valence-corrected chi connectivity index (χ0v) is 20.8. The summed E-state index contributed by atoms with van der Waals surface area (Å²) in [5.41, 5.74) is 3.74. The van der Waals surface area contributed by atoms with Crippen LogP contribution >= 0.6 is 11.6 Å². The number of carbonyl (C=O) groups is 2. The molecule has 2 amide bonds. The number of aromatic nitrogens is 2. The Bertz CT molecular complexity index is 1260. The van der Waals surface area contributed by atoms with E-state index in [1.54, 1.807) is 17.2 Å². The molecule has 1 fully saturated rings. The van der Waals surface area contributed by atoms with E-state index in [9.17, 15) is 9.59 Å². The molecule has 2 aliphatic rings. The molecule has 2 aliphatic heterocycles. The van der Waals surface area contributed by atoms with Crippen LogP contribution in [0.4, 0.5) is 5.95 Å². The number of rotatable bonds is 7. The predicted octanol–water partition coefficient (Wildman–Crippen LogP) is 4.22. The molecule has 9 heteroatoms. The Morgan fingerprint density at radius 2 is 1.97 bits per heavy atom. The summed E-state index contributed by atoms with van der Waals surface area (Å²) in [7, 11) is 0. The van der Waals surface area contributed by atoms with Crippen molar-refractivity contribution >= 4 is 29.4 Å². The van der Waals surface area contributed by atoms with E-state index in [1.165, 1.54) is 0 Å². The van der Waals surface area contributed by atoms with Crippen molar-refractivity contribution in [3.8, 4) is 11.3 Å². The molecule has 0 spiro atoms. The Morgan fingerprint density at radius 1 is 1.19 bits per heavy atom. The number of fused-ring (bicyclic) bond motifs is 1. The van der Waals surface area contributed by atoms with Gasteiger partial charge in [-0.2, -0.15) is 0 Å². The lowest BCUT2D eigenvalue weighted by atomic mass is 10.0. The number of hydrogen-bond acceptors (Lipinski definition) is 6. The van der Waals surface area contributed by atoms with Gasteiger partial charge in [-0.05, 0) is 37.0 Å². The minimum absolute atomic E-state index is 0.00649. The Balaban J connectivity index is 1.28. The van der Waals surface area contributed by atoms with Gasteiger partial charge >= 0.3 is 0 Å². The highest BCUT2D eigenvalue weighted by atomic mass is 35.5. The number of halogens is 1. The second kappa shape index (κ2) is 10.6. The molecule has 3 heterocycles. The molecule has 5 rings (SSSR count). The SMILES string of the molecule is CC(NC(=O)CN1Cc2ccc(-c3nc(NC4CCOCC4)ncc3Cl)cc2C1=O)c1ccccc1. The number of hydrogen-bond donors (Lipinski definition) is 2. The Labute approximate surface area is 215 Å². The van der Waals surface area contributed by atoms with E-state index < -0.39 is 0 Å². The highest BCUT2D eigenvalue weighted by Crippen LogP contribution is 2.31. The number of benzene rings is 2. The lowest BCUT2D eigenvalue weighted by molar-refractivity contribution is -0.122. The second-order valence-electron chi connectivity index (χ2n) is 9.15. The first kappa shape index (κ1) is 24.2. The van der Waals surface area contributed by atoms with Gasteiger partial charge in [0.1, 0.15) is 6.54 Å². The van der Waals surface area contributed by atoms with Crippen LogP contribution in [0.2, 0.25) is 5.02 Å². The summed E-state index contributed by atoms with van der Waals surface area (Å²) in [6.45, 7) is 3.73.